The van der Waals surface area contributed by atoms with E-state index in [0.717, 1.165) is 0 Å². The number of nitrogens with zero attached hydrogens (tertiary/aromatic N) is 2. The maximum absolute atomic E-state index is 12.4. The minimum absolute atomic E-state index is 0.0774. The van der Waals surface area contributed by atoms with Crippen molar-refractivity contribution in [1.29, 1.82) is 0 Å². The van der Waals surface area contributed by atoms with Gasteiger partial charge in [0.05, 0.1) is 6.04 Å². The van der Waals surface area contributed by atoms with Crippen LogP contribution in [0.25, 0.3) is 0 Å². The van der Waals surface area contributed by atoms with E-state index in [1.165, 1.54) is 0 Å². The monoisotopic (exact) mass is 336 g/mol. The molecule has 2 amide bonds. The van der Waals surface area contributed by atoms with Crippen molar-refractivity contribution < 1.29 is 45.8 Å². The van der Waals surface area contributed by atoms with Crippen LogP contribution in [0.15, 0.2) is 0 Å². The molecule has 1 rings (SSSR count). The van der Waals surface area contributed by atoms with Gasteiger partial charge in [-0.2, -0.15) is 26.3 Å². The molecule has 0 aromatic rings. The lowest BCUT2D eigenvalue weighted by atomic mass is 10.2. The summed E-state index contributed by atoms with van der Waals surface area (Å²) < 4.78 is 73.9. The first-order chi connectivity index (χ1) is 9.84. The maximum Gasteiger partial charge on any atom is 0.471 e. The van der Waals surface area contributed by atoms with E-state index in [-0.39, 0.29) is 16.2 Å². The highest BCUT2D eigenvalue weighted by Gasteiger charge is 2.49. The van der Waals surface area contributed by atoms with Gasteiger partial charge in [0.2, 0.25) is 0 Å². The van der Waals surface area contributed by atoms with Gasteiger partial charge in [-0.25, -0.2) is 0 Å². The first-order valence-corrected chi connectivity index (χ1v) is 5.79. The van der Waals surface area contributed by atoms with Crippen LogP contribution in [0.3, 0.4) is 0 Å². The summed E-state index contributed by atoms with van der Waals surface area (Å²) in [4.78, 5) is 32.9. The van der Waals surface area contributed by atoms with Crippen LogP contribution in [0.4, 0.5) is 26.3 Å². The molecule has 12 heteroatoms. The lowest BCUT2D eigenvalue weighted by Gasteiger charge is -2.28. The Labute approximate surface area is 119 Å². The van der Waals surface area contributed by atoms with Crippen molar-refractivity contribution in [3.8, 4) is 0 Å². The topological polar surface area (TPSA) is 77.9 Å². The maximum atomic E-state index is 12.4. The molecule has 0 aromatic carbocycles. The van der Waals surface area contributed by atoms with E-state index < -0.39 is 55.8 Å². The molecular weight excluding hydrogens is 326 g/mol. The zero-order chi connectivity index (χ0) is 17.3. The molecule has 0 bridgehead atoms. The largest absolute Gasteiger partial charge is 0.480 e. The highest BCUT2D eigenvalue weighted by molar-refractivity contribution is 5.86. The average molecular weight is 336 g/mol. The molecule has 1 atom stereocenters. The zero-order valence-corrected chi connectivity index (χ0v) is 10.7. The first kappa shape index (κ1) is 18.0. The summed E-state index contributed by atoms with van der Waals surface area (Å²) >= 11 is 0. The van der Waals surface area contributed by atoms with E-state index in [9.17, 15) is 40.7 Å². The van der Waals surface area contributed by atoms with Crippen molar-refractivity contribution >= 4 is 17.8 Å². The fraction of sp³-hybridized carbons (Fsp3) is 0.700. The van der Waals surface area contributed by atoms with Gasteiger partial charge in [0.25, 0.3) is 0 Å². The predicted molar refractivity (Wildman–Crippen MR) is 56.4 cm³/mol. The number of rotatable bonds is 3. The van der Waals surface area contributed by atoms with Crippen molar-refractivity contribution in [1.82, 2.24) is 9.80 Å². The van der Waals surface area contributed by atoms with Gasteiger partial charge in [0, 0.05) is 13.1 Å². The molecule has 0 saturated carbocycles. The number of aliphatic carboxylic acids is 1. The summed E-state index contributed by atoms with van der Waals surface area (Å²) in [7, 11) is 0. The summed E-state index contributed by atoms with van der Waals surface area (Å²) in [5.41, 5.74) is 0. The minimum atomic E-state index is -5.36. The third-order valence-corrected chi connectivity index (χ3v) is 2.94. The fourth-order valence-electron chi connectivity index (χ4n) is 2.04. The van der Waals surface area contributed by atoms with Crippen LogP contribution < -0.4 is 0 Å². The SMILES string of the molecule is O=C(O)CN(C(=O)C(F)(F)F)C1CCN(C(=O)C(F)(F)F)C1. The van der Waals surface area contributed by atoms with Gasteiger partial charge in [0.15, 0.2) is 0 Å². The summed E-state index contributed by atoms with van der Waals surface area (Å²) in [5, 5.41) is 8.54. The zero-order valence-electron chi connectivity index (χ0n) is 10.7. The Morgan fingerprint density at radius 3 is 2.05 bits per heavy atom. The number of amides is 2. The molecule has 6 nitrogen and oxygen atoms in total. The molecule has 0 aromatic heterocycles. The molecular formula is C10H10F6N2O4. The van der Waals surface area contributed by atoms with Crippen LogP contribution in [-0.4, -0.2) is 70.7 Å². The Morgan fingerprint density at radius 2 is 1.64 bits per heavy atom. The number of carbonyl (C=O) groups is 3. The molecule has 1 heterocycles. The molecule has 22 heavy (non-hydrogen) atoms. The summed E-state index contributed by atoms with van der Waals surface area (Å²) in [6, 6.07) is -1.45. The average Bonchev–Trinajstić information content (AvgIpc) is 2.80. The van der Waals surface area contributed by atoms with E-state index in [1.54, 1.807) is 0 Å². The molecule has 126 valence electrons. The van der Waals surface area contributed by atoms with Gasteiger partial charge in [-0.3, -0.25) is 14.4 Å². The fourth-order valence-corrected chi connectivity index (χ4v) is 2.04. The van der Waals surface area contributed by atoms with Gasteiger partial charge < -0.3 is 14.9 Å². The van der Waals surface area contributed by atoms with E-state index in [2.05, 4.69) is 0 Å². The molecule has 1 saturated heterocycles. The van der Waals surface area contributed by atoms with Crippen molar-refractivity contribution in [2.75, 3.05) is 19.6 Å². The molecule has 1 N–H and O–H groups in total. The van der Waals surface area contributed by atoms with E-state index in [0.29, 0.717) is 0 Å². The second kappa shape index (κ2) is 6.01. The molecule has 0 radical (unpaired) electrons. The van der Waals surface area contributed by atoms with Crippen molar-refractivity contribution in [3.05, 3.63) is 0 Å². The van der Waals surface area contributed by atoms with Gasteiger partial charge >= 0.3 is 30.1 Å². The van der Waals surface area contributed by atoms with E-state index in [1.807, 2.05) is 0 Å². The van der Waals surface area contributed by atoms with E-state index >= 15 is 0 Å². The second-order valence-electron chi connectivity index (χ2n) is 4.52. The normalized spacial score (nSPS) is 19.2. The standard InChI is InChI=1S/C10H10F6N2O4/c11-9(12,13)7(21)17-2-1-5(3-17)18(4-6(19)20)8(22)10(14,15)16/h5H,1-4H2,(H,19,20). The van der Waals surface area contributed by atoms with Crippen molar-refractivity contribution in [2.45, 2.75) is 24.8 Å². The lowest BCUT2D eigenvalue weighted by molar-refractivity contribution is -0.190. The van der Waals surface area contributed by atoms with Crippen LogP contribution >= 0.6 is 0 Å². The highest BCUT2D eigenvalue weighted by atomic mass is 19.4. The number of carboxylic acid groups (broad SMARTS) is 1. The Kier molecular flexibility index (Phi) is 4.92. The molecule has 0 aliphatic carbocycles. The van der Waals surface area contributed by atoms with Crippen LogP contribution in [0.5, 0.6) is 0 Å². The van der Waals surface area contributed by atoms with Gasteiger partial charge in [0.1, 0.15) is 6.54 Å². The van der Waals surface area contributed by atoms with Gasteiger partial charge in [-0.1, -0.05) is 0 Å². The quantitative estimate of drug-likeness (QED) is 0.767. The Bertz CT molecular complexity index is 475. The molecule has 1 aliphatic rings. The van der Waals surface area contributed by atoms with E-state index in [4.69, 9.17) is 5.11 Å². The van der Waals surface area contributed by atoms with Crippen LogP contribution in [0, 0.1) is 0 Å². The number of carboxylic acids is 1. The first-order valence-electron chi connectivity index (χ1n) is 5.79. The number of alkyl halides is 6. The Balaban J connectivity index is 2.88. The number of likely N-dealkylation sites (tertiary alicyclic amines) is 1. The lowest BCUT2D eigenvalue weighted by Crippen LogP contribution is -2.51. The Hall–Kier alpha value is -2.01. The summed E-state index contributed by atoms with van der Waals surface area (Å²) in [5.74, 6) is -6.47. The second-order valence-corrected chi connectivity index (χ2v) is 4.52. The van der Waals surface area contributed by atoms with Crippen LogP contribution in [0.2, 0.25) is 0 Å². The van der Waals surface area contributed by atoms with Crippen LogP contribution in [-0.2, 0) is 14.4 Å². The summed E-state index contributed by atoms with van der Waals surface area (Å²) in [6.45, 7) is -2.66. The highest BCUT2D eigenvalue weighted by Crippen LogP contribution is 2.26. The smallest absolute Gasteiger partial charge is 0.471 e. The summed E-state index contributed by atoms with van der Waals surface area (Å²) in [6.07, 6.45) is -10.9. The minimum Gasteiger partial charge on any atom is -0.480 e. The van der Waals surface area contributed by atoms with Crippen LogP contribution in [0.1, 0.15) is 6.42 Å². The third kappa shape index (κ3) is 4.24. The van der Waals surface area contributed by atoms with Crippen molar-refractivity contribution in [2.24, 2.45) is 0 Å². The number of hydrogen-bond acceptors (Lipinski definition) is 3. The Morgan fingerprint density at radius 1 is 1.09 bits per heavy atom. The number of hydrogen-bond donors (Lipinski definition) is 1. The molecule has 1 unspecified atom stereocenters. The van der Waals surface area contributed by atoms with Crippen molar-refractivity contribution in [3.63, 3.8) is 0 Å². The van der Waals surface area contributed by atoms with Gasteiger partial charge in [-0.05, 0) is 6.42 Å². The molecule has 1 aliphatic heterocycles. The predicted octanol–water partition coefficient (Wildman–Crippen LogP) is 0.625. The number of halogens is 6. The third-order valence-electron chi connectivity index (χ3n) is 2.94. The molecule has 0 spiro atoms. The van der Waals surface area contributed by atoms with Gasteiger partial charge in [-0.15, -0.1) is 0 Å². The number of carbonyl (C=O) groups excluding carboxylic acids is 2. The molecule has 1 fully saturated rings.